The molecule has 106 valence electrons. The van der Waals surface area contributed by atoms with Crippen LogP contribution in [0.1, 0.15) is 19.3 Å². The third-order valence-electron chi connectivity index (χ3n) is 4.27. The summed E-state index contributed by atoms with van der Waals surface area (Å²) in [5.41, 5.74) is 6.07. The minimum Gasteiger partial charge on any atom is -0.330 e. The summed E-state index contributed by atoms with van der Waals surface area (Å²) in [6.07, 6.45) is -0.488. The molecular formula is C12H22F3N3. The van der Waals surface area contributed by atoms with Gasteiger partial charge in [-0.3, -0.25) is 4.90 Å². The first-order chi connectivity index (χ1) is 8.42. The largest absolute Gasteiger partial charge is 0.401 e. The molecule has 0 atom stereocenters. The lowest BCUT2D eigenvalue weighted by Crippen LogP contribution is -2.54. The third kappa shape index (κ3) is 3.59. The highest BCUT2D eigenvalue weighted by molar-refractivity contribution is 4.92. The maximum Gasteiger partial charge on any atom is 0.401 e. The molecule has 2 N–H and O–H groups in total. The van der Waals surface area contributed by atoms with Crippen LogP contribution in [0.4, 0.5) is 13.2 Å². The van der Waals surface area contributed by atoms with Gasteiger partial charge in [-0.15, -0.1) is 0 Å². The molecule has 0 radical (unpaired) electrons. The van der Waals surface area contributed by atoms with E-state index in [9.17, 15) is 13.2 Å². The van der Waals surface area contributed by atoms with Crippen LogP contribution in [0.5, 0.6) is 0 Å². The minimum atomic E-state index is -4.07. The zero-order chi connectivity index (χ0) is 13.2. The zero-order valence-corrected chi connectivity index (χ0v) is 10.7. The molecule has 0 spiro atoms. The second-order valence-corrected chi connectivity index (χ2v) is 5.73. The SMILES string of the molecule is NCC1(CN2CCN(CC(F)(F)F)CC2)CCC1. The average molecular weight is 265 g/mol. The van der Waals surface area contributed by atoms with Gasteiger partial charge in [0.25, 0.3) is 0 Å². The summed E-state index contributed by atoms with van der Waals surface area (Å²) in [6.45, 7) is 3.39. The van der Waals surface area contributed by atoms with E-state index < -0.39 is 12.7 Å². The maximum atomic E-state index is 12.3. The summed E-state index contributed by atoms with van der Waals surface area (Å²) in [5.74, 6) is 0. The minimum absolute atomic E-state index is 0.256. The fourth-order valence-electron chi connectivity index (χ4n) is 2.94. The molecule has 1 saturated carbocycles. The van der Waals surface area contributed by atoms with Gasteiger partial charge in [0.15, 0.2) is 0 Å². The Hall–Kier alpha value is -0.330. The lowest BCUT2D eigenvalue weighted by Gasteiger charge is -2.46. The fraction of sp³-hybridized carbons (Fsp3) is 1.00. The molecule has 0 aromatic rings. The van der Waals surface area contributed by atoms with Crippen LogP contribution in [0.2, 0.25) is 0 Å². The van der Waals surface area contributed by atoms with Gasteiger partial charge >= 0.3 is 6.18 Å². The van der Waals surface area contributed by atoms with E-state index in [1.165, 1.54) is 24.2 Å². The first kappa shape index (κ1) is 14.1. The Kier molecular flexibility index (Phi) is 4.18. The number of hydrogen-bond acceptors (Lipinski definition) is 3. The molecule has 2 rings (SSSR count). The van der Waals surface area contributed by atoms with Gasteiger partial charge in [-0.2, -0.15) is 13.2 Å². The number of rotatable bonds is 4. The van der Waals surface area contributed by atoms with Crippen LogP contribution >= 0.6 is 0 Å². The first-order valence-electron chi connectivity index (χ1n) is 6.64. The van der Waals surface area contributed by atoms with E-state index in [1.807, 2.05) is 0 Å². The Morgan fingerprint density at radius 1 is 1.00 bits per heavy atom. The molecule has 2 fully saturated rings. The standard InChI is InChI=1S/C12H22F3N3/c13-12(14,15)10-18-6-4-17(5-7-18)9-11(8-16)2-1-3-11/h1-10,16H2. The summed E-state index contributed by atoms with van der Waals surface area (Å²) >= 11 is 0. The van der Waals surface area contributed by atoms with Crippen LogP contribution in [0, 0.1) is 5.41 Å². The highest BCUT2D eigenvalue weighted by Crippen LogP contribution is 2.40. The van der Waals surface area contributed by atoms with Crippen LogP contribution in [0.15, 0.2) is 0 Å². The van der Waals surface area contributed by atoms with Crippen molar-refractivity contribution < 1.29 is 13.2 Å². The topological polar surface area (TPSA) is 32.5 Å². The van der Waals surface area contributed by atoms with Crippen molar-refractivity contribution in [2.75, 3.05) is 45.8 Å². The van der Waals surface area contributed by atoms with E-state index in [4.69, 9.17) is 5.73 Å². The van der Waals surface area contributed by atoms with Gasteiger partial charge in [-0.25, -0.2) is 0 Å². The van der Waals surface area contributed by atoms with Crippen LogP contribution in [-0.4, -0.2) is 61.8 Å². The van der Waals surface area contributed by atoms with Crippen molar-refractivity contribution in [3.63, 3.8) is 0 Å². The fourth-order valence-corrected chi connectivity index (χ4v) is 2.94. The van der Waals surface area contributed by atoms with Crippen molar-refractivity contribution in [2.24, 2.45) is 11.1 Å². The highest BCUT2D eigenvalue weighted by Gasteiger charge is 2.38. The quantitative estimate of drug-likeness (QED) is 0.831. The predicted octanol–water partition coefficient (Wildman–Crippen LogP) is 1.30. The molecule has 1 aliphatic heterocycles. The Morgan fingerprint density at radius 2 is 1.56 bits per heavy atom. The number of nitrogens with two attached hydrogens (primary N) is 1. The van der Waals surface area contributed by atoms with Crippen molar-refractivity contribution in [3.05, 3.63) is 0 Å². The monoisotopic (exact) mass is 265 g/mol. The molecule has 3 nitrogen and oxygen atoms in total. The lowest BCUT2D eigenvalue weighted by molar-refractivity contribution is -0.149. The third-order valence-corrected chi connectivity index (χ3v) is 4.27. The van der Waals surface area contributed by atoms with Crippen LogP contribution in [-0.2, 0) is 0 Å². The lowest BCUT2D eigenvalue weighted by atomic mass is 9.68. The van der Waals surface area contributed by atoms with Crippen molar-refractivity contribution in [2.45, 2.75) is 25.4 Å². The van der Waals surface area contributed by atoms with E-state index in [0.717, 1.165) is 19.6 Å². The predicted molar refractivity (Wildman–Crippen MR) is 64.3 cm³/mol. The molecule has 0 aromatic carbocycles. The zero-order valence-electron chi connectivity index (χ0n) is 10.7. The Morgan fingerprint density at radius 3 is 1.94 bits per heavy atom. The molecular weight excluding hydrogens is 243 g/mol. The van der Waals surface area contributed by atoms with Crippen LogP contribution in [0.3, 0.4) is 0 Å². The number of alkyl halides is 3. The second-order valence-electron chi connectivity index (χ2n) is 5.73. The summed E-state index contributed by atoms with van der Waals surface area (Å²) in [6, 6.07) is 0. The number of hydrogen-bond donors (Lipinski definition) is 1. The highest BCUT2D eigenvalue weighted by atomic mass is 19.4. The molecule has 2 aliphatic rings. The summed E-state index contributed by atoms with van der Waals surface area (Å²) in [7, 11) is 0. The summed E-state index contributed by atoms with van der Waals surface area (Å²) < 4.78 is 36.8. The van der Waals surface area contributed by atoms with Crippen molar-refractivity contribution in [1.82, 2.24) is 9.80 Å². The van der Waals surface area contributed by atoms with E-state index in [0.29, 0.717) is 19.6 Å². The first-order valence-corrected chi connectivity index (χ1v) is 6.64. The van der Waals surface area contributed by atoms with Gasteiger partial charge in [-0.05, 0) is 24.8 Å². The number of nitrogens with zero attached hydrogens (tertiary/aromatic N) is 2. The van der Waals surface area contributed by atoms with E-state index in [1.54, 1.807) is 0 Å². The molecule has 1 saturated heterocycles. The molecule has 0 unspecified atom stereocenters. The summed E-state index contributed by atoms with van der Waals surface area (Å²) in [4.78, 5) is 3.77. The molecule has 18 heavy (non-hydrogen) atoms. The van der Waals surface area contributed by atoms with Gasteiger partial charge in [-0.1, -0.05) is 6.42 Å². The van der Waals surface area contributed by atoms with Crippen molar-refractivity contribution in [3.8, 4) is 0 Å². The number of halogens is 3. The molecule has 1 aliphatic carbocycles. The average Bonchev–Trinajstić information content (AvgIpc) is 2.24. The van der Waals surface area contributed by atoms with Gasteiger partial charge in [0, 0.05) is 32.7 Å². The van der Waals surface area contributed by atoms with Crippen LogP contribution < -0.4 is 5.73 Å². The molecule has 0 bridgehead atoms. The molecule has 0 aromatic heterocycles. The Balaban J connectivity index is 1.73. The molecule has 6 heteroatoms. The van der Waals surface area contributed by atoms with E-state index >= 15 is 0 Å². The number of piperazine rings is 1. The van der Waals surface area contributed by atoms with Crippen LogP contribution in [0.25, 0.3) is 0 Å². The smallest absolute Gasteiger partial charge is 0.330 e. The summed E-state index contributed by atoms with van der Waals surface area (Å²) in [5, 5.41) is 0. The van der Waals surface area contributed by atoms with Gasteiger partial charge in [0.1, 0.15) is 0 Å². The van der Waals surface area contributed by atoms with Gasteiger partial charge in [0.2, 0.25) is 0 Å². The Bertz CT molecular complexity index is 263. The van der Waals surface area contributed by atoms with Gasteiger partial charge < -0.3 is 10.6 Å². The van der Waals surface area contributed by atoms with E-state index in [2.05, 4.69) is 4.90 Å². The van der Waals surface area contributed by atoms with E-state index in [-0.39, 0.29) is 5.41 Å². The maximum absolute atomic E-state index is 12.3. The molecule has 0 amide bonds. The Labute approximate surface area is 106 Å². The normalized spacial score (nSPS) is 26.0. The van der Waals surface area contributed by atoms with Crippen molar-refractivity contribution >= 4 is 0 Å². The molecule has 1 heterocycles. The van der Waals surface area contributed by atoms with Crippen molar-refractivity contribution in [1.29, 1.82) is 0 Å². The second kappa shape index (κ2) is 5.35. The van der Waals surface area contributed by atoms with Gasteiger partial charge in [0.05, 0.1) is 6.54 Å².